The number of benzene rings is 1. The molecule has 0 aromatic heterocycles. The van der Waals surface area contributed by atoms with Crippen LogP contribution in [0.4, 0.5) is 0 Å². The summed E-state index contributed by atoms with van der Waals surface area (Å²) in [4.78, 5) is 52.6. The van der Waals surface area contributed by atoms with E-state index in [1.165, 1.54) is 12.1 Å². The van der Waals surface area contributed by atoms with Crippen molar-refractivity contribution < 1.29 is 93.9 Å². The first-order valence-electron chi connectivity index (χ1n) is 17.4. The molecule has 1 aromatic carbocycles. The molecule has 0 aliphatic carbocycles. The first-order chi connectivity index (χ1) is 26.0. The summed E-state index contributed by atoms with van der Waals surface area (Å²) in [5, 5.41) is 109. The number of rotatable bonds is 14. The molecular weight excluding hydrogens is 760 g/mol. The lowest BCUT2D eigenvalue weighted by atomic mass is 9.88. The maximum Gasteiger partial charge on any atom is 0.364 e. The minimum absolute atomic E-state index is 0.0685. The number of nitrogens with one attached hydrogen (secondary N) is 1. The molecule has 1 aromatic rings. The molecule has 3 saturated heterocycles. The van der Waals surface area contributed by atoms with E-state index >= 15 is 0 Å². The Morgan fingerprint density at radius 2 is 1.58 bits per heavy atom. The zero-order chi connectivity index (χ0) is 40.5. The second-order valence-electron chi connectivity index (χ2n) is 13.5. The number of aliphatic hydroxyl groups excluding tert-OH is 9. The molecule has 0 spiro atoms. The summed E-state index contributed by atoms with van der Waals surface area (Å²) in [6.07, 6.45) is -24.1. The van der Waals surface area contributed by atoms with Gasteiger partial charge in [-0.15, -0.1) is 11.8 Å². The molecule has 4 aliphatic heterocycles. The van der Waals surface area contributed by atoms with Gasteiger partial charge < -0.3 is 80.1 Å². The molecule has 4 aliphatic rings. The third-order valence-electron chi connectivity index (χ3n) is 9.90. The van der Waals surface area contributed by atoms with E-state index in [0.29, 0.717) is 5.75 Å². The number of carbonyl (C=O) groups is 4. The first-order valence-corrected chi connectivity index (χ1v) is 18.4. The molecule has 21 nitrogen and oxygen atoms in total. The highest BCUT2D eigenvalue weighted by Gasteiger charge is 2.61. The number of aliphatic hydroxyl groups is 9. The van der Waals surface area contributed by atoms with Crippen molar-refractivity contribution in [2.24, 2.45) is 0 Å². The van der Waals surface area contributed by atoms with E-state index in [9.17, 15) is 70.2 Å². The molecule has 55 heavy (non-hydrogen) atoms. The first kappa shape index (κ1) is 43.2. The van der Waals surface area contributed by atoms with E-state index in [2.05, 4.69) is 5.32 Å². The van der Waals surface area contributed by atoms with Crippen LogP contribution in [0.2, 0.25) is 0 Å². The standard InChI is InChI=1S/C33H46N2O19S/c1-3-55-31-20(35-28(46)13-6-4-5-7-14(13)29(35)47)23(44)25(18(11-38)51-31)52-30-24(45)27(22(43)17(10-37)50-30)54-33(32(48)49)8-15(40)19(34-12(2)39)26(53-33)21(42)16(41)9-36/h4-7,15-27,30-31,36-38,40-45H,3,8-11H2,1-2H3,(H,34,39)(H,48,49)/t15-,16+,17+,18+,19+,20+,21+,22-,23+,24+,25+,26+,27-,30-,31-,33-/m0/s1. The molecule has 3 fully saturated rings. The quantitative estimate of drug-likeness (QED) is 0.0783. The van der Waals surface area contributed by atoms with Crippen molar-refractivity contribution in [1.82, 2.24) is 10.2 Å². The van der Waals surface area contributed by atoms with Gasteiger partial charge in [0.15, 0.2) is 6.29 Å². The Morgan fingerprint density at radius 3 is 2.11 bits per heavy atom. The minimum atomic E-state index is -3.06. The largest absolute Gasteiger partial charge is 0.477 e. The molecule has 5 rings (SSSR count). The van der Waals surface area contributed by atoms with Crippen LogP contribution in [-0.4, -0.2) is 202 Å². The van der Waals surface area contributed by atoms with Gasteiger partial charge in [0.05, 0.1) is 43.1 Å². The van der Waals surface area contributed by atoms with Crippen molar-refractivity contribution in [3.05, 3.63) is 35.4 Å². The molecule has 0 bridgehead atoms. The normalized spacial score (nSPS) is 39.0. The van der Waals surface area contributed by atoms with Gasteiger partial charge in [-0.3, -0.25) is 19.3 Å². The van der Waals surface area contributed by atoms with Crippen molar-refractivity contribution >= 4 is 35.5 Å². The molecule has 308 valence electrons. The van der Waals surface area contributed by atoms with Gasteiger partial charge in [0.2, 0.25) is 5.91 Å². The topological polar surface area (TPSA) is 332 Å². The number of fused-ring (bicyclic) bond motifs is 1. The fourth-order valence-electron chi connectivity index (χ4n) is 7.20. The van der Waals surface area contributed by atoms with Crippen LogP contribution < -0.4 is 5.32 Å². The summed E-state index contributed by atoms with van der Waals surface area (Å²) in [6.45, 7) is -0.0698. The van der Waals surface area contributed by atoms with E-state index in [1.807, 2.05) is 0 Å². The molecule has 0 radical (unpaired) electrons. The average Bonchev–Trinajstić information content (AvgIpc) is 3.40. The van der Waals surface area contributed by atoms with Gasteiger partial charge in [-0.05, 0) is 17.9 Å². The number of imide groups is 1. The molecule has 22 heteroatoms. The zero-order valence-electron chi connectivity index (χ0n) is 29.5. The maximum atomic E-state index is 13.5. The van der Waals surface area contributed by atoms with Crippen molar-refractivity contribution in [1.29, 1.82) is 0 Å². The molecule has 0 saturated carbocycles. The van der Waals surface area contributed by atoms with Crippen molar-refractivity contribution in [2.75, 3.05) is 25.6 Å². The third kappa shape index (κ3) is 8.26. The van der Waals surface area contributed by atoms with Gasteiger partial charge in [-0.2, -0.15) is 0 Å². The van der Waals surface area contributed by atoms with Crippen LogP contribution >= 0.6 is 11.8 Å². The number of carboxylic acids is 1. The van der Waals surface area contributed by atoms with E-state index in [1.54, 1.807) is 19.1 Å². The maximum absolute atomic E-state index is 13.5. The Bertz CT molecular complexity index is 1520. The Labute approximate surface area is 317 Å². The highest BCUT2D eigenvalue weighted by molar-refractivity contribution is 7.99. The summed E-state index contributed by atoms with van der Waals surface area (Å²) in [6, 6.07) is 2.97. The number of amides is 3. The lowest BCUT2D eigenvalue weighted by Crippen LogP contribution is -2.71. The predicted octanol–water partition coefficient (Wildman–Crippen LogP) is -5.16. The van der Waals surface area contributed by atoms with Gasteiger partial charge in [-0.1, -0.05) is 19.1 Å². The molecule has 4 heterocycles. The van der Waals surface area contributed by atoms with Crippen LogP contribution in [0, 0.1) is 0 Å². The monoisotopic (exact) mass is 806 g/mol. The smallest absolute Gasteiger partial charge is 0.364 e. The van der Waals surface area contributed by atoms with Crippen molar-refractivity contribution in [3.8, 4) is 0 Å². The molecule has 11 N–H and O–H groups in total. The fraction of sp³-hybridized carbons (Fsp3) is 0.697. The van der Waals surface area contributed by atoms with Crippen molar-refractivity contribution in [3.63, 3.8) is 0 Å². The molecule has 3 amide bonds. The number of carbonyl (C=O) groups excluding carboxylic acids is 3. The van der Waals surface area contributed by atoms with Gasteiger partial charge in [0.25, 0.3) is 17.6 Å². The Balaban J connectivity index is 1.46. The Kier molecular flexibility index (Phi) is 13.9. The number of ether oxygens (including phenoxy) is 5. The fourth-order valence-corrected chi connectivity index (χ4v) is 8.23. The summed E-state index contributed by atoms with van der Waals surface area (Å²) >= 11 is 1.11. The summed E-state index contributed by atoms with van der Waals surface area (Å²) in [5.74, 6) is -6.91. The lowest BCUT2D eigenvalue weighted by Gasteiger charge is -2.51. The van der Waals surface area contributed by atoms with E-state index in [0.717, 1.165) is 23.6 Å². The number of hydrogen-bond acceptors (Lipinski definition) is 19. The number of nitrogens with zero attached hydrogens (tertiary/aromatic N) is 1. The predicted molar refractivity (Wildman–Crippen MR) is 181 cm³/mol. The van der Waals surface area contributed by atoms with E-state index < -0.39 is 147 Å². The van der Waals surface area contributed by atoms with Gasteiger partial charge in [0.1, 0.15) is 72.5 Å². The summed E-state index contributed by atoms with van der Waals surface area (Å²) in [5.41, 5.74) is -0.948. The number of aliphatic carboxylic acids is 1. The SMILES string of the molecule is CCS[C@@H]1O[C@H](CO)[C@@H](O[C@@H]2O[C@H](CO)[C@H](O)[C@H](O[C@]3(C(=O)O)C[C@H](O)[C@@H](NC(C)=O)[C@H]([C@H](O)[C@H](O)CO)O3)[C@H]2O)[C@H](O)[C@H]1N1C(=O)c2ccccc2C1=O. The average molecular weight is 807 g/mol. The van der Waals surface area contributed by atoms with Crippen LogP contribution in [0.3, 0.4) is 0 Å². The highest BCUT2D eigenvalue weighted by atomic mass is 32.2. The van der Waals surface area contributed by atoms with Crippen LogP contribution in [0.15, 0.2) is 24.3 Å². The van der Waals surface area contributed by atoms with E-state index in [4.69, 9.17) is 23.7 Å². The van der Waals surface area contributed by atoms with E-state index in [-0.39, 0.29) is 11.1 Å². The molecular formula is C33H46N2O19S. The van der Waals surface area contributed by atoms with Crippen LogP contribution in [0.25, 0.3) is 0 Å². The number of carboxylic acid groups (broad SMARTS) is 1. The van der Waals surface area contributed by atoms with Crippen molar-refractivity contribution in [2.45, 2.75) is 117 Å². The molecule has 16 atom stereocenters. The summed E-state index contributed by atoms with van der Waals surface area (Å²) in [7, 11) is 0. The van der Waals surface area contributed by atoms with Crippen LogP contribution in [-0.2, 0) is 33.3 Å². The second-order valence-corrected chi connectivity index (χ2v) is 14.8. The van der Waals surface area contributed by atoms with Gasteiger partial charge >= 0.3 is 5.97 Å². The van der Waals surface area contributed by atoms with Gasteiger partial charge in [-0.25, -0.2) is 4.79 Å². The highest BCUT2D eigenvalue weighted by Crippen LogP contribution is 2.40. The zero-order valence-corrected chi connectivity index (χ0v) is 30.3. The second kappa shape index (κ2) is 17.7. The third-order valence-corrected chi connectivity index (χ3v) is 11.0. The Hall–Kier alpha value is -2.91. The summed E-state index contributed by atoms with van der Waals surface area (Å²) < 4.78 is 28.9. The van der Waals surface area contributed by atoms with Crippen LogP contribution in [0.5, 0.6) is 0 Å². The minimum Gasteiger partial charge on any atom is -0.477 e. The molecule has 0 unspecified atom stereocenters. The lowest BCUT2D eigenvalue weighted by molar-refractivity contribution is -0.379. The Morgan fingerprint density at radius 1 is 0.964 bits per heavy atom. The number of hydrogen-bond donors (Lipinski definition) is 11. The van der Waals surface area contributed by atoms with Gasteiger partial charge in [0, 0.05) is 13.3 Å². The van der Waals surface area contributed by atoms with Crippen LogP contribution in [0.1, 0.15) is 41.0 Å². The number of thioether (sulfide) groups is 1.